The number of benzene rings is 1. The molecule has 1 rings (SSSR count). The molecule has 0 aromatic heterocycles. The van der Waals surface area contributed by atoms with E-state index in [1.165, 1.54) is 0 Å². The highest BCUT2D eigenvalue weighted by molar-refractivity contribution is 6.42. The first-order chi connectivity index (χ1) is 7.11. The lowest BCUT2D eigenvalue weighted by Gasteiger charge is -2.05. The summed E-state index contributed by atoms with van der Waals surface area (Å²) in [6, 6.07) is 5.32. The maximum absolute atomic E-state index is 10.2. The van der Waals surface area contributed by atoms with Crippen LogP contribution in [0.5, 0.6) is 0 Å². The average molecular weight is 249 g/mol. The molecule has 0 heterocycles. The molecule has 0 saturated heterocycles. The van der Waals surface area contributed by atoms with Gasteiger partial charge in [-0.15, -0.1) is 0 Å². The van der Waals surface area contributed by atoms with E-state index in [-0.39, 0.29) is 6.61 Å². The molecule has 0 aliphatic rings. The second kappa shape index (κ2) is 5.95. The smallest absolute Gasteiger partial charge is 0.329 e. The van der Waals surface area contributed by atoms with Crippen LogP contribution in [0.15, 0.2) is 18.2 Å². The van der Waals surface area contributed by atoms with Gasteiger partial charge in [0, 0.05) is 0 Å². The largest absolute Gasteiger partial charge is 0.480 e. The molecule has 82 valence electrons. The number of halogens is 2. The summed E-state index contributed by atoms with van der Waals surface area (Å²) in [5, 5.41) is 9.33. The predicted molar refractivity (Wildman–Crippen MR) is 58.6 cm³/mol. The Morgan fingerprint density at radius 3 is 2.80 bits per heavy atom. The lowest BCUT2D eigenvalue weighted by molar-refractivity contribution is -0.142. The summed E-state index contributed by atoms with van der Waals surface area (Å²) in [4.78, 5) is 10.2. The molecule has 1 aromatic rings. The molecule has 0 radical (unpaired) electrons. The van der Waals surface area contributed by atoms with Gasteiger partial charge in [0.15, 0.2) is 0 Å². The molecule has 0 atom stereocenters. The first-order valence-electron chi connectivity index (χ1n) is 4.33. The average Bonchev–Trinajstić information content (AvgIpc) is 2.18. The third-order valence-corrected chi connectivity index (χ3v) is 2.63. The molecule has 1 N–H and O–H groups in total. The molecular weight excluding hydrogens is 239 g/mol. The number of carboxylic acid groups (broad SMARTS) is 1. The minimum atomic E-state index is -0.979. The molecule has 0 fully saturated rings. The van der Waals surface area contributed by atoms with E-state index in [4.69, 9.17) is 33.0 Å². The summed E-state index contributed by atoms with van der Waals surface area (Å²) in [6.45, 7) is 0.0184. The summed E-state index contributed by atoms with van der Waals surface area (Å²) >= 11 is 11.7. The number of hydrogen-bond donors (Lipinski definition) is 1. The molecule has 0 aliphatic carbocycles. The lowest BCUT2D eigenvalue weighted by atomic mass is 10.2. The molecule has 0 bridgehead atoms. The van der Waals surface area contributed by atoms with Gasteiger partial charge in [-0.05, 0) is 18.1 Å². The van der Waals surface area contributed by atoms with Gasteiger partial charge in [-0.3, -0.25) is 0 Å². The Bertz CT molecular complexity index is 353. The van der Waals surface area contributed by atoms with Crippen molar-refractivity contribution < 1.29 is 14.6 Å². The van der Waals surface area contributed by atoms with Crippen LogP contribution in [-0.2, 0) is 16.0 Å². The fraction of sp³-hybridized carbons (Fsp3) is 0.300. The number of carboxylic acids is 1. The number of aliphatic carboxylic acids is 1. The van der Waals surface area contributed by atoms with Crippen molar-refractivity contribution in [2.45, 2.75) is 6.42 Å². The van der Waals surface area contributed by atoms with Gasteiger partial charge in [0.25, 0.3) is 0 Å². The van der Waals surface area contributed by atoms with Crippen LogP contribution >= 0.6 is 23.2 Å². The van der Waals surface area contributed by atoms with E-state index in [2.05, 4.69) is 0 Å². The minimum Gasteiger partial charge on any atom is -0.480 e. The Labute approximate surface area is 97.6 Å². The van der Waals surface area contributed by atoms with Crippen molar-refractivity contribution in [1.29, 1.82) is 0 Å². The Morgan fingerprint density at radius 2 is 2.13 bits per heavy atom. The zero-order valence-corrected chi connectivity index (χ0v) is 9.38. The quantitative estimate of drug-likeness (QED) is 0.816. The minimum absolute atomic E-state index is 0.293. The highest BCUT2D eigenvalue weighted by atomic mass is 35.5. The van der Waals surface area contributed by atoms with Crippen LogP contribution < -0.4 is 0 Å². The van der Waals surface area contributed by atoms with E-state index in [1.807, 2.05) is 6.07 Å². The van der Waals surface area contributed by atoms with E-state index in [0.717, 1.165) is 5.56 Å². The van der Waals surface area contributed by atoms with E-state index in [1.54, 1.807) is 12.1 Å². The molecule has 0 amide bonds. The Kier molecular flexibility index (Phi) is 4.88. The first-order valence-corrected chi connectivity index (χ1v) is 5.09. The fourth-order valence-corrected chi connectivity index (χ4v) is 1.50. The summed E-state index contributed by atoms with van der Waals surface area (Å²) in [7, 11) is 0. The second-order valence-corrected chi connectivity index (χ2v) is 3.69. The van der Waals surface area contributed by atoms with Gasteiger partial charge in [-0.25, -0.2) is 4.79 Å². The van der Waals surface area contributed by atoms with Gasteiger partial charge in [0.2, 0.25) is 0 Å². The maximum atomic E-state index is 10.2. The highest BCUT2D eigenvalue weighted by Gasteiger charge is 2.04. The van der Waals surface area contributed by atoms with Crippen LogP contribution in [0.2, 0.25) is 10.0 Å². The second-order valence-electron chi connectivity index (χ2n) is 2.91. The van der Waals surface area contributed by atoms with Gasteiger partial charge in [0.05, 0.1) is 16.7 Å². The summed E-state index contributed by atoms with van der Waals surface area (Å²) < 4.78 is 4.89. The zero-order valence-electron chi connectivity index (χ0n) is 7.87. The SMILES string of the molecule is O=C(O)COCCc1cccc(Cl)c1Cl. The predicted octanol–water partition coefficient (Wildman–Crippen LogP) is 2.64. The lowest BCUT2D eigenvalue weighted by Crippen LogP contribution is -2.09. The topological polar surface area (TPSA) is 46.5 Å². The molecule has 3 nitrogen and oxygen atoms in total. The van der Waals surface area contributed by atoms with Gasteiger partial charge in [-0.2, -0.15) is 0 Å². The standard InChI is InChI=1S/C10H10Cl2O3/c11-8-3-1-2-7(10(8)12)4-5-15-6-9(13)14/h1-3H,4-6H2,(H,13,14). The van der Waals surface area contributed by atoms with Gasteiger partial charge in [-0.1, -0.05) is 35.3 Å². The zero-order chi connectivity index (χ0) is 11.3. The molecule has 0 spiro atoms. The maximum Gasteiger partial charge on any atom is 0.329 e. The Morgan fingerprint density at radius 1 is 1.40 bits per heavy atom. The van der Waals surface area contributed by atoms with E-state index in [0.29, 0.717) is 23.1 Å². The van der Waals surface area contributed by atoms with E-state index < -0.39 is 5.97 Å². The van der Waals surface area contributed by atoms with Crippen molar-refractivity contribution in [3.63, 3.8) is 0 Å². The van der Waals surface area contributed by atoms with Gasteiger partial charge in [0.1, 0.15) is 6.61 Å². The fourth-order valence-electron chi connectivity index (χ4n) is 1.08. The molecular formula is C10H10Cl2O3. The Balaban J connectivity index is 2.44. The molecule has 0 unspecified atom stereocenters. The van der Waals surface area contributed by atoms with Crippen LogP contribution in [0.4, 0.5) is 0 Å². The molecule has 15 heavy (non-hydrogen) atoms. The summed E-state index contributed by atoms with van der Waals surface area (Å²) in [5.74, 6) is -0.979. The van der Waals surface area contributed by atoms with Crippen molar-refractivity contribution in [2.75, 3.05) is 13.2 Å². The van der Waals surface area contributed by atoms with Crippen LogP contribution in [0.25, 0.3) is 0 Å². The van der Waals surface area contributed by atoms with Gasteiger partial charge < -0.3 is 9.84 Å². The normalized spacial score (nSPS) is 10.3. The van der Waals surface area contributed by atoms with Crippen molar-refractivity contribution in [3.05, 3.63) is 33.8 Å². The van der Waals surface area contributed by atoms with Crippen molar-refractivity contribution in [2.24, 2.45) is 0 Å². The summed E-state index contributed by atoms with van der Waals surface area (Å²) in [6.07, 6.45) is 0.548. The molecule has 5 heteroatoms. The molecule has 0 saturated carbocycles. The Hall–Kier alpha value is -0.770. The number of carbonyl (C=O) groups is 1. The number of hydrogen-bond acceptors (Lipinski definition) is 2. The third-order valence-electron chi connectivity index (χ3n) is 1.77. The third kappa shape index (κ3) is 4.08. The molecule has 0 aliphatic heterocycles. The van der Waals surface area contributed by atoms with Gasteiger partial charge >= 0.3 is 5.97 Å². The molecule has 1 aromatic carbocycles. The first kappa shape index (κ1) is 12.3. The number of rotatable bonds is 5. The van der Waals surface area contributed by atoms with Crippen LogP contribution in [-0.4, -0.2) is 24.3 Å². The van der Waals surface area contributed by atoms with Crippen LogP contribution in [0.1, 0.15) is 5.56 Å². The van der Waals surface area contributed by atoms with Crippen molar-refractivity contribution in [1.82, 2.24) is 0 Å². The van der Waals surface area contributed by atoms with Crippen LogP contribution in [0, 0.1) is 0 Å². The van der Waals surface area contributed by atoms with Crippen LogP contribution in [0.3, 0.4) is 0 Å². The summed E-state index contributed by atoms with van der Waals surface area (Å²) in [5.41, 5.74) is 0.856. The monoisotopic (exact) mass is 248 g/mol. The van der Waals surface area contributed by atoms with Crippen molar-refractivity contribution in [3.8, 4) is 0 Å². The number of ether oxygens (including phenoxy) is 1. The highest BCUT2D eigenvalue weighted by Crippen LogP contribution is 2.25. The van der Waals surface area contributed by atoms with E-state index in [9.17, 15) is 4.79 Å². The van der Waals surface area contributed by atoms with E-state index >= 15 is 0 Å². The van der Waals surface area contributed by atoms with Crippen molar-refractivity contribution >= 4 is 29.2 Å².